The van der Waals surface area contributed by atoms with Crippen molar-refractivity contribution < 1.29 is 9.47 Å². The minimum atomic E-state index is -0.414. The van der Waals surface area contributed by atoms with Crippen LogP contribution in [-0.2, 0) is 29.6 Å². The number of hydrogen-bond acceptors (Lipinski definition) is 7. The number of fused-ring (bicyclic) bond motifs is 3. The van der Waals surface area contributed by atoms with Crippen LogP contribution in [-0.4, -0.2) is 57.4 Å². The molecule has 0 amide bonds. The first-order valence-electron chi connectivity index (χ1n) is 10.8. The maximum Gasteiger partial charge on any atom is 0.332 e. The van der Waals surface area contributed by atoms with Gasteiger partial charge in [0.15, 0.2) is 11.2 Å². The molecule has 10 nitrogen and oxygen atoms in total. The highest BCUT2D eigenvalue weighted by Crippen LogP contribution is 2.25. The Hall–Kier alpha value is -3.24. The predicted molar refractivity (Wildman–Crippen MR) is 123 cm³/mol. The molecular formula is C22H28N6O4. The first kappa shape index (κ1) is 22.0. The van der Waals surface area contributed by atoms with E-state index in [9.17, 15) is 9.59 Å². The van der Waals surface area contributed by atoms with Crippen molar-refractivity contribution in [1.82, 2.24) is 18.7 Å². The molecule has 0 atom stereocenters. The summed E-state index contributed by atoms with van der Waals surface area (Å²) < 4.78 is 15.4. The number of nitrogens with zero attached hydrogens (tertiary/aromatic N) is 6. The molecule has 1 aliphatic rings. The van der Waals surface area contributed by atoms with Crippen LogP contribution in [0.25, 0.3) is 11.2 Å². The molecule has 10 heteroatoms. The van der Waals surface area contributed by atoms with E-state index in [4.69, 9.17) is 14.6 Å². The molecule has 0 aliphatic carbocycles. The van der Waals surface area contributed by atoms with Crippen molar-refractivity contribution in [2.24, 2.45) is 12.1 Å². The van der Waals surface area contributed by atoms with Crippen molar-refractivity contribution in [3.63, 3.8) is 0 Å². The second-order valence-corrected chi connectivity index (χ2v) is 7.40. The van der Waals surface area contributed by atoms with E-state index in [1.165, 1.54) is 9.13 Å². The molecule has 0 fully saturated rings. The Morgan fingerprint density at radius 2 is 1.69 bits per heavy atom. The molecule has 0 saturated carbocycles. The molecular weight excluding hydrogens is 412 g/mol. The topological polar surface area (TPSA) is 95.9 Å². The van der Waals surface area contributed by atoms with Crippen LogP contribution in [0.4, 0.5) is 5.95 Å². The normalized spacial score (nSPS) is 13.5. The minimum absolute atomic E-state index is 0.184. The van der Waals surface area contributed by atoms with Crippen LogP contribution < -0.4 is 16.3 Å². The number of aromatic nitrogens is 4. The maximum atomic E-state index is 13.4. The van der Waals surface area contributed by atoms with Crippen molar-refractivity contribution in [2.45, 2.75) is 26.9 Å². The lowest BCUT2D eigenvalue weighted by atomic mass is 10.1. The number of aryl methyl sites for hydroxylation is 1. The maximum absolute atomic E-state index is 13.4. The van der Waals surface area contributed by atoms with Gasteiger partial charge in [0, 0.05) is 20.3 Å². The van der Waals surface area contributed by atoms with Crippen LogP contribution >= 0.6 is 0 Å². The van der Waals surface area contributed by atoms with E-state index in [2.05, 4.69) is 4.98 Å². The number of hydrazone groups is 1. The lowest BCUT2D eigenvalue weighted by molar-refractivity contribution is 0.137. The summed E-state index contributed by atoms with van der Waals surface area (Å²) in [6, 6.07) is 9.83. The molecule has 4 rings (SSSR count). The van der Waals surface area contributed by atoms with Gasteiger partial charge in [0.05, 0.1) is 38.6 Å². The Bertz CT molecular complexity index is 1240. The Morgan fingerprint density at radius 1 is 1.00 bits per heavy atom. The molecule has 3 heterocycles. The summed E-state index contributed by atoms with van der Waals surface area (Å²) in [5.74, 6) is 0.522. The molecule has 0 unspecified atom stereocenters. The van der Waals surface area contributed by atoms with Crippen molar-refractivity contribution >= 4 is 22.8 Å². The molecule has 0 saturated heterocycles. The first-order valence-corrected chi connectivity index (χ1v) is 10.8. The molecule has 1 aromatic carbocycles. The number of rotatable bonds is 9. The van der Waals surface area contributed by atoms with Gasteiger partial charge in [0.25, 0.3) is 5.56 Å². The second-order valence-electron chi connectivity index (χ2n) is 7.40. The van der Waals surface area contributed by atoms with Crippen molar-refractivity contribution in [1.29, 1.82) is 0 Å². The minimum Gasteiger partial charge on any atom is -0.380 e. The molecule has 32 heavy (non-hydrogen) atoms. The number of ether oxygens (including phenoxy) is 2. The van der Waals surface area contributed by atoms with E-state index < -0.39 is 5.69 Å². The summed E-state index contributed by atoms with van der Waals surface area (Å²) in [5, 5.41) is 6.54. The lowest BCUT2D eigenvalue weighted by Gasteiger charge is -2.26. The highest BCUT2D eigenvalue weighted by molar-refractivity contribution is 6.02. The predicted octanol–water partition coefficient (Wildman–Crippen LogP) is 1.19. The molecule has 0 N–H and O–H groups in total. The molecule has 2 aromatic heterocycles. The molecule has 0 spiro atoms. The highest BCUT2D eigenvalue weighted by atomic mass is 16.5. The average molecular weight is 441 g/mol. The third kappa shape index (κ3) is 3.98. The smallest absolute Gasteiger partial charge is 0.332 e. The van der Waals surface area contributed by atoms with Crippen LogP contribution in [0.2, 0.25) is 0 Å². The average Bonchev–Trinajstić information content (AvgIpc) is 3.21. The molecule has 170 valence electrons. The molecule has 0 bridgehead atoms. The van der Waals surface area contributed by atoms with Gasteiger partial charge in [0.1, 0.15) is 0 Å². The van der Waals surface area contributed by atoms with Gasteiger partial charge >= 0.3 is 5.69 Å². The third-order valence-corrected chi connectivity index (χ3v) is 5.41. The van der Waals surface area contributed by atoms with Gasteiger partial charge in [-0.15, -0.1) is 0 Å². The van der Waals surface area contributed by atoms with Crippen LogP contribution in [0.1, 0.15) is 19.4 Å². The second kappa shape index (κ2) is 9.49. The fourth-order valence-electron chi connectivity index (χ4n) is 3.80. The van der Waals surface area contributed by atoms with E-state index in [1.807, 2.05) is 48.7 Å². The summed E-state index contributed by atoms with van der Waals surface area (Å²) in [7, 11) is 1.63. The van der Waals surface area contributed by atoms with Crippen molar-refractivity contribution in [3.8, 4) is 0 Å². The van der Waals surface area contributed by atoms with Crippen molar-refractivity contribution in [2.75, 3.05) is 38.0 Å². The van der Waals surface area contributed by atoms with E-state index in [-0.39, 0.29) is 18.7 Å². The van der Waals surface area contributed by atoms with Gasteiger partial charge in [-0.3, -0.25) is 18.5 Å². The van der Waals surface area contributed by atoms with Crippen LogP contribution in [0.15, 0.2) is 45.0 Å². The summed E-state index contributed by atoms with van der Waals surface area (Å²) in [5.41, 5.74) is 1.70. The van der Waals surface area contributed by atoms with E-state index in [0.717, 1.165) is 11.3 Å². The number of imidazole rings is 1. The molecule has 3 aromatic rings. The SMILES string of the molecule is CCOCCN1N=C(c2ccccc2)Cn2c1nc1c2c(=O)n(CCOCC)c(=O)n1C. The van der Waals surface area contributed by atoms with Gasteiger partial charge in [-0.05, 0) is 19.4 Å². The van der Waals surface area contributed by atoms with Gasteiger partial charge in [-0.25, -0.2) is 9.80 Å². The monoisotopic (exact) mass is 440 g/mol. The summed E-state index contributed by atoms with van der Waals surface area (Å²) >= 11 is 0. The Labute approximate surface area is 185 Å². The molecule has 0 radical (unpaired) electrons. The standard InChI is InChI=1S/C22H28N6O4/c1-4-31-13-11-26-20(29)18-19(25(3)22(26)30)23-21-27(18)15-17(16-9-7-6-8-10-16)24-28(21)12-14-32-5-2/h6-10H,4-5,11-15H2,1-3H3. The zero-order valence-electron chi connectivity index (χ0n) is 18.7. The Balaban J connectivity index is 1.86. The summed E-state index contributed by atoms with van der Waals surface area (Å²) in [6.07, 6.45) is 0. The highest BCUT2D eigenvalue weighted by Gasteiger charge is 2.28. The van der Waals surface area contributed by atoms with E-state index in [1.54, 1.807) is 12.1 Å². The summed E-state index contributed by atoms with van der Waals surface area (Å²) in [4.78, 5) is 30.9. The van der Waals surface area contributed by atoms with Gasteiger partial charge in [-0.2, -0.15) is 10.1 Å². The zero-order valence-corrected chi connectivity index (χ0v) is 18.7. The van der Waals surface area contributed by atoms with Crippen LogP contribution in [0.3, 0.4) is 0 Å². The largest absolute Gasteiger partial charge is 0.380 e. The molecule has 1 aliphatic heterocycles. The fraction of sp³-hybridized carbons (Fsp3) is 0.455. The van der Waals surface area contributed by atoms with Gasteiger partial charge in [-0.1, -0.05) is 30.3 Å². The third-order valence-electron chi connectivity index (χ3n) is 5.41. The quantitative estimate of drug-likeness (QED) is 0.464. The number of benzene rings is 1. The fourth-order valence-corrected chi connectivity index (χ4v) is 3.80. The summed E-state index contributed by atoms with van der Waals surface area (Å²) in [6.45, 7) is 6.70. The van der Waals surface area contributed by atoms with Gasteiger partial charge < -0.3 is 9.47 Å². The number of anilines is 1. The zero-order chi connectivity index (χ0) is 22.7. The van der Waals surface area contributed by atoms with Crippen LogP contribution in [0.5, 0.6) is 0 Å². The van der Waals surface area contributed by atoms with Gasteiger partial charge in [0.2, 0.25) is 5.95 Å². The Kier molecular flexibility index (Phi) is 6.52. The van der Waals surface area contributed by atoms with Crippen molar-refractivity contribution in [3.05, 3.63) is 56.7 Å². The number of hydrogen-bond donors (Lipinski definition) is 0. The van der Waals surface area contributed by atoms with E-state index >= 15 is 0 Å². The Morgan fingerprint density at radius 3 is 2.38 bits per heavy atom. The van der Waals surface area contributed by atoms with Crippen LogP contribution in [0, 0.1) is 0 Å². The van der Waals surface area contributed by atoms with E-state index in [0.29, 0.717) is 50.0 Å². The lowest BCUT2D eigenvalue weighted by Crippen LogP contribution is -2.41. The first-order chi connectivity index (χ1) is 15.6.